The summed E-state index contributed by atoms with van der Waals surface area (Å²) >= 11 is 6.11. The summed E-state index contributed by atoms with van der Waals surface area (Å²) in [6, 6.07) is 13.8. The molecule has 2 aromatic carbocycles. The number of nitrogens with one attached hydrogen (secondary N) is 3. The van der Waals surface area contributed by atoms with E-state index in [-0.39, 0.29) is 24.4 Å². The average Bonchev–Trinajstić information content (AvgIpc) is 2.79. The van der Waals surface area contributed by atoms with Gasteiger partial charge in [-0.05, 0) is 55.3 Å². The lowest BCUT2D eigenvalue weighted by Gasteiger charge is -2.11. The van der Waals surface area contributed by atoms with Gasteiger partial charge in [-0.25, -0.2) is 4.98 Å². The Morgan fingerprint density at radius 3 is 2.38 bits per heavy atom. The van der Waals surface area contributed by atoms with E-state index in [9.17, 15) is 14.4 Å². The van der Waals surface area contributed by atoms with Gasteiger partial charge in [-0.2, -0.15) is 0 Å². The van der Waals surface area contributed by atoms with E-state index in [1.54, 1.807) is 55.6 Å². The predicted octanol–water partition coefficient (Wildman–Crippen LogP) is 3.83. The van der Waals surface area contributed by atoms with Gasteiger partial charge in [0.15, 0.2) is 0 Å². The van der Waals surface area contributed by atoms with Crippen LogP contribution in [0.3, 0.4) is 0 Å². The zero-order chi connectivity index (χ0) is 24.7. The first-order valence-electron chi connectivity index (χ1n) is 10.4. The van der Waals surface area contributed by atoms with E-state index in [0.29, 0.717) is 33.1 Å². The van der Waals surface area contributed by atoms with E-state index in [4.69, 9.17) is 11.6 Å². The van der Waals surface area contributed by atoms with Crippen LogP contribution < -0.4 is 16.0 Å². The summed E-state index contributed by atoms with van der Waals surface area (Å²) < 4.78 is 0. The maximum Gasteiger partial charge on any atom is 0.254 e. The molecule has 1 heterocycles. The third-order valence-corrected chi connectivity index (χ3v) is 5.17. The Labute approximate surface area is 202 Å². The molecule has 0 aliphatic rings. The van der Waals surface area contributed by atoms with E-state index < -0.39 is 0 Å². The number of pyridine rings is 1. The highest BCUT2D eigenvalue weighted by Crippen LogP contribution is 2.19. The summed E-state index contributed by atoms with van der Waals surface area (Å²) in [6.07, 6.45) is 1.56. The van der Waals surface area contributed by atoms with Crippen LogP contribution in [-0.2, 0) is 4.79 Å². The number of rotatable bonds is 5. The lowest BCUT2D eigenvalue weighted by Crippen LogP contribution is -2.37. The third kappa shape index (κ3) is 6.44. The van der Waals surface area contributed by atoms with Crippen LogP contribution in [0.15, 0.2) is 54.7 Å². The minimum absolute atomic E-state index is 0.0520. The number of aromatic nitrogens is 1. The molecule has 0 saturated heterocycles. The normalized spacial score (nSPS) is 10.0. The molecule has 3 aromatic rings. The van der Waals surface area contributed by atoms with Gasteiger partial charge in [0.2, 0.25) is 5.91 Å². The van der Waals surface area contributed by atoms with Gasteiger partial charge in [0, 0.05) is 29.8 Å². The topological polar surface area (TPSA) is 100 Å². The van der Waals surface area contributed by atoms with Crippen molar-refractivity contribution in [1.82, 2.24) is 15.6 Å². The quantitative estimate of drug-likeness (QED) is 0.386. The summed E-state index contributed by atoms with van der Waals surface area (Å²) in [5.41, 5.74) is 3.81. The molecule has 0 radical (unpaired) electrons. The number of benzene rings is 2. The Bertz CT molecular complexity index is 1290. The lowest BCUT2D eigenvalue weighted by atomic mass is 10.0. The van der Waals surface area contributed by atoms with Gasteiger partial charge in [-0.3, -0.25) is 14.4 Å². The lowest BCUT2D eigenvalue weighted by molar-refractivity contribution is -0.114. The van der Waals surface area contributed by atoms with E-state index in [1.165, 1.54) is 6.92 Å². The van der Waals surface area contributed by atoms with E-state index >= 15 is 0 Å². The number of amides is 3. The van der Waals surface area contributed by atoms with Crippen LogP contribution in [0, 0.1) is 25.7 Å². The Morgan fingerprint density at radius 2 is 1.71 bits per heavy atom. The average molecular weight is 475 g/mol. The molecule has 0 atom stereocenters. The van der Waals surface area contributed by atoms with Gasteiger partial charge in [0.25, 0.3) is 11.8 Å². The highest BCUT2D eigenvalue weighted by molar-refractivity contribution is 6.34. The fraction of sp³-hybridized carbons (Fsp3) is 0.154. The molecule has 172 valence electrons. The molecule has 0 spiro atoms. The molecule has 3 rings (SSSR count). The largest absolute Gasteiger partial charge is 0.335 e. The van der Waals surface area contributed by atoms with Crippen molar-refractivity contribution in [1.29, 1.82) is 0 Å². The molecule has 0 aliphatic heterocycles. The fourth-order valence-corrected chi connectivity index (χ4v) is 3.38. The van der Waals surface area contributed by atoms with Crippen molar-refractivity contribution in [2.45, 2.75) is 20.8 Å². The molecule has 3 N–H and O–H groups in total. The zero-order valence-corrected chi connectivity index (χ0v) is 19.7. The number of halogens is 1. The number of hydrogen-bond acceptors (Lipinski definition) is 4. The number of carbonyl (C=O) groups is 3. The maximum atomic E-state index is 12.6. The molecule has 0 fully saturated rings. The zero-order valence-electron chi connectivity index (χ0n) is 19.0. The summed E-state index contributed by atoms with van der Waals surface area (Å²) in [4.78, 5) is 40.2. The first-order valence-corrected chi connectivity index (χ1v) is 10.8. The van der Waals surface area contributed by atoms with Crippen molar-refractivity contribution in [2.75, 3.05) is 12.0 Å². The molecule has 0 bridgehead atoms. The molecule has 3 amide bonds. The van der Waals surface area contributed by atoms with Crippen molar-refractivity contribution >= 4 is 35.1 Å². The Morgan fingerprint density at radius 1 is 0.941 bits per heavy atom. The second-order valence-electron chi connectivity index (χ2n) is 7.51. The number of anilines is 1. The van der Waals surface area contributed by atoms with Crippen LogP contribution >= 0.6 is 11.6 Å². The Kier molecular flexibility index (Phi) is 8.01. The minimum atomic E-state index is -0.364. The van der Waals surface area contributed by atoms with Gasteiger partial charge in [-0.1, -0.05) is 41.6 Å². The first-order chi connectivity index (χ1) is 16.2. The van der Waals surface area contributed by atoms with E-state index in [2.05, 4.69) is 32.8 Å². The second-order valence-corrected chi connectivity index (χ2v) is 7.92. The molecule has 34 heavy (non-hydrogen) atoms. The highest BCUT2D eigenvalue weighted by Gasteiger charge is 2.13. The van der Waals surface area contributed by atoms with E-state index in [1.807, 2.05) is 13.0 Å². The second kappa shape index (κ2) is 11.1. The summed E-state index contributed by atoms with van der Waals surface area (Å²) in [5, 5.41) is 8.28. The Hall–Kier alpha value is -4.15. The van der Waals surface area contributed by atoms with Crippen molar-refractivity contribution in [2.24, 2.45) is 0 Å². The SMILES string of the molecule is CC(=O)Nc1ccc(C#Cc2cc(C(=O)NCNC(=O)c3c(C)cccc3Cl)ccc2C)cn1. The first kappa shape index (κ1) is 24.5. The van der Waals surface area contributed by atoms with Gasteiger partial charge < -0.3 is 16.0 Å². The maximum absolute atomic E-state index is 12.6. The molecule has 0 aliphatic carbocycles. The van der Waals surface area contributed by atoms with Gasteiger partial charge in [0.05, 0.1) is 17.3 Å². The van der Waals surface area contributed by atoms with Crippen LogP contribution in [0.25, 0.3) is 0 Å². The number of carbonyl (C=O) groups excluding carboxylic acids is 3. The highest BCUT2D eigenvalue weighted by atomic mass is 35.5. The molecule has 1 aromatic heterocycles. The van der Waals surface area contributed by atoms with Gasteiger partial charge in [0.1, 0.15) is 5.82 Å². The van der Waals surface area contributed by atoms with Crippen LogP contribution in [0.4, 0.5) is 5.82 Å². The van der Waals surface area contributed by atoms with Crippen LogP contribution in [0.5, 0.6) is 0 Å². The standard InChI is InChI=1S/C26H23ClN4O3/c1-16-7-10-21(13-20(16)11-8-19-9-12-23(28-14-19)31-18(3)32)25(33)29-15-30-26(34)24-17(2)5-4-6-22(24)27/h4-7,9-10,12-14H,15H2,1-3H3,(H,29,33)(H,30,34)(H,28,31,32). The monoisotopic (exact) mass is 474 g/mol. The number of hydrogen-bond donors (Lipinski definition) is 3. The number of nitrogens with zero attached hydrogens (tertiary/aromatic N) is 1. The van der Waals surface area contributed by atoms with Crippen molar-refractivity contribution in [3.63, 3.8) is 0 Å². The molecular weight excluding hydrogens is 452 g/mol. The van der Waals surface area contributed by atoms with Crippen LogP contribution in [0.2, 0.25) is 5.02 Å². The molecule has 8 heteroatoms. The Balaban J connectivity index is 1.64. The molecule has 0 saturated carbocycles. The molecule has 0 unspecified atom stereocenters. The van der Waals surface area contributed by atoms with Crippen molar-refractivity contribution in [3.05, 3.63) is 93.1 Å². The van der Waals surface area contributed by atoms with Crippen LogP contribution in [-0.4, -0.2) is 29.4 Å². The van der Waals surface area contributed by atoms with Gasteiger partial charge in [-0.15, -0.1) is 0 Å². The minimum Gasteiger partial charge on any atom is -0.335 e. The fourth-order valence-electron chi connectivity index (χ4n) is 3.07. The predicted molar refractivity (Wildman–Crippen MR) is 132 cm³/mol. The van der Waals surface area contributed by atoms with E-state index in [0.717, 1.165) is 11.1 Å². The number of aryl methyl sites for hydroxylation is 2. The van der Waals surface area contributed by atoms with Crippen molar-refractivity contribution < 1.29 is 14.4 Å². The van der Waals surface area contributed by atoms with Gasteiger partial charge >= 0.3 is 0 Å². The van der Waals surface area contributed by atoms with Crippen molar-refractivity contribution in [3.8, 4) is 11.8 Å². The third-order valence-electron chi connectivity index (χ3n) is 4.86. The smallest absolute Gasteiger partial charge is 0.254 e. The molecule has 7 nitrogen and oxygen atoms in total. The summed E-state index contributed by atoms with van der Waals surface area (Å²) in [6.45, 7) is 5.05. The van der Waals surface area contributed by atoms with Crippen LogP contribution in [0.1, 0.15) is 49.9 Å². The summed E-state index contributed by atoms with van der Waals surface area (Å²) in [7, 11) is 0. The summed E-state index contributed by atoms with van der Waals surface area (Å²) in [5.74, 6) is 5.60. The molecular formula is C26H23ClN4O3.